The molecule has 0 radical (unpaired) electrons. The molecule has 4 nitrogen and oxygen atoms in total. The molecule has 0 amide bonds. The predicted molar refractivity (Wildman–Crippen MR) is 66.0 cm³/mol. The van der Waals surface area contributed by atoms with Gasteiger partial charge in [-0.3, -0.25) is 9.89 Å². The molecule has 9 heteroatoms. The summed E-state index contributed by atoms with van der Waals surface area (Å²) in [7, 11) is 1.46. The van der Waals surface area contributed by atoms with E-state index >= 15 is 0 Å². The molecular weight excluding hydrogens is 283 g/mol. The summed E-state index contributed by atoms with van der Waals surface area (Å²) < 4.78 is 62.0. The molecule has 0 saturated carbocycles. The molecule has 0 aromatic carbocycles. The number of alkyl halides is 5. The summed E-state index contributed by atoms with van der Waals surface area (Å²) in [5.74, 6) is 0.296. The minimum Gasteiger partial charge on any atom is -0.351 e. The van der Waals surface area contributed by atoms with Crippen molar-refractivity contribution in [1.82, 2.24) is 15.1 Å². The Morgan fingerprint density at radius 1 is 1.20 bits per heavy atom. The average Bonchev–Trinajstić information content (AvgIpc) is 2.38. The molecule has 0 spiro atoms. The molecule has 0 bridgehead atoms. The highest BCUT2D eigenvalue weighted by molar-refractivity contribution is 5.80. The maximum Gasteiger partial charge on any atom is 0.403 e. The van der Waals surface area contributed by atoms with Gasteiger partial charge in [0.25, 0.3) is 6.43 Å². The Morgan fingerprint density at radius 2 is 1.75 bits per heavy atom. The molecule has 0 aromatic heterocycles. The van der Waals surface area contributed by atoms with Crippen molar-refractivity contribution in [3.8, 4) is 0 Å². The third-order valence-corrected chi connectivity index (χ3v) is 3.26. The molecule has 1 aliphatic heterocycles. The summed E-state index contributed by atoms with van der Waals surface area (Å²) in [6, 6.07) is -1.50. The second-order valence-electron chi connectivity index (χ2n) is 4.56. The average molecular weight is 302 g/mol. The Labute approximate surface area is 114 Å². The molecule has 0 aromatic rings. The SMILES string of the molecule is CN=C(NCC(F)F)N1CCN(C(C)C(F)(F)F)CC1. The Balaban J connectivity index is 2.48. The van der Waals surface area contributed by atoms with Crippen LogP contribution in [0.1, 0.15) is 6.92 Å². The van der Waals surface area contributed by atoms with Gasteiger partial charge in [-0.1, -0.05) is 0 Å². The monoisotopic (exact) mass is 302 g/mol. The largest absolute Gasteiger partial charge is 0.403 e. The predicted octanol–water partition coefficient (Wildman–Crippen LogP) is 1.40. The number of piperazine rings is 1. The van der Waals surface area contributed by atoms with E-state index in [0.717, 1.165) is 6.92 Å². The van der Waals surface area contributed by atoms with Crippen molar-refractivity contribution >= 4 is 5.96 Å². The van der Waals surface area contributed by atoms with Crippen molar-refractivity contribution in [2.45, 2.75) is 25.6 Å². The van der Waals surface area contributed by atoms with Crippen LogP contribution >= 0.6 is 0 Å². The maximum absolute atomic E-state index is 12.6. The van der Waals surface area contributed by atoms with E-state index in [1.165, 1.54) is 11.9 Å². The van der Waals surface area contributed by atoms with Crippen LogP contribution in [0.2, 0.25) is 0 Å². The van der Waals surface area contributed by atoms with E-state index in [4.69, 9.17) is 0 Å². The highest BCUT2D eigenvalue weighted by Gasteiger charge is 2.41. The standard InChI is InChI=1S/C11H19F5N4/c1-8(11(14,15)16)19-3-5-20(6-4-19)10(17-2)18-7-9(12)13/h8-9H,3-7H2,1-2H3,(H,17,18). The first kappa shape index (κ1) is 16.9. The van der Waals surface area contributed by atoms with Crippen molar-refractivity contribution in [2.75, 3.05) is 39.8 Å². The zero-order valence-corrected chi connectivity index (χ0v) is 11.4. The van der Waals surface area contributed by atoms with Gasteiger partial charge in [0.05, 0.1) is 6.54 Å². The van der Waals surface area contributed by atoms with E-state index in [9.17, 15) is 22.0 Å². The van der Waals surface area contributed by atoms with Gasteiger partial charge in [-0.25, -0.2) is 8.78 Å². The van der Waals surface area contributed by atoms with Crippen molar-refractivity contribution in [1.29, 1.82) is 0 Å². The lowest BCUT2D eigenvalue weighted by Gasteiger charge is -2.39. The third-order valence-electron chi connectivity index (χ3n) is 3.26. The molecule has 1 atom stereocenters. The number of rotatable bonds is 3. The number of hydrogen-bond acceptors (Lipinski definition) is 2. The lowest BCUT2D eigenvalue weighted by molar-refractivity contribution is -0.181. The topological polar surface area (TPSA) is 30.9 Å². The van der Waals surface area contributed by atoms with Crippen molar-refractivity contribution in [2.24, 2.45) is 4.99 Å². The summed E-state index contributed by atoms with van der Waals surface area (Å²) in [5.41, 5.74) is 0. The first-order valence-electron chi connectivity index (χ1n) is 6.30. The van der Waals surface area contributed by atoms with Gasteiger partial charge in [0.1, 0.15) is 6.04 Å². The van der Waals surface area contributed by atoms with Crippen LogP contribution in [0.4, 0.5) is 22.0 Å². The van der Waals surface area contributed by atoms with Crippen LogP contribution in [-0.4, -0.2) is 74.2 Å². The van der Waals surface area contributed by atoms with E-state index in [1.54, 1.807) is 4.90 Å². The van der Waals surface area contributed by atoms with Crippen molar-refractivity contribution < 1.29 is 22.0 Å². The lowest BCUT2D eigenvalue weighted by atomic mass is 10.2. The third kappa shape index (κ3) is 4.77. The molecule has 118 valence electrons. The normalized spacial score (nSPS) is 20.4. The van der Waals surface area contributed by atoms with E-state index in [0.29, 0.717) is 19.0 Å². The van der Waals surface area contributed by atoms with Gasteiger partial charge in [0.2, 0.25) is 0 Å². The molecule has 1 heterocycles. The number of halogens is 5. The second kappa shape index (κ2) is 7.05. The highest BCUT2D eigenvalue weighted by atomic mass is 19.4. The number of hydrogen-bond donors (Lipinski definition) is 1. The summed E-state index contributed by atoms with van der Waals surface area (Å²) in [6.45, 7) is 1.68. The van der Waals surface area contributed by atoms with Crippen LogP contribution in [0, 0.1) is 0 Å². The molecular formula is C11H19F5N4. The Kier molecular flexibility index (Phi) is 5.97. The molecule has 0 aliphatic carbocycles. The summed E-state index contributed by atoms with van der Waals surface area (Å²) in [6.07, 6.45) is -6.75. The Morgan fingerprint density at radius 3 is 2.15 bits per heavy atom. The summed E-state index contributed by atoms with van der Waals surface area (Å²) >= 11 is 0. The van der Waals surface area contributed by atoms with Gasteiger partial charge in [-0.2, -0.15) is 13.2 Å². The number of nitrogens with one attached hydrogen (secondary N) is 1. The van der Waals surface area contributed by atoms with Gasteiger partial charge in [-0.05, 0) is 6.92 Å². The summed E-state index contributed by atoms with van der Waals surface area (Å²) in [5, 5.41) is 2.50. The van der Waals surface area contributed by atoms with Crippen LogP contribution < -0.4 is 5.32 Å². The van der Waals surface area contributed by atoms with E-state index in [1.807, 2.05) is 0 Å². The molecule has 1 N–H and O–H groups in total. The molecule has 1 saturated heterocycles. The Bertz CT molecular complexity index is 323. The van der Waals surface area contributed by atoms with Gasteiger partial charge >= 0.3 is 6.18 Å². The quantitative estimate of drug-likeness (QED) is 0.486. The van der Waals surface area contributed by atoms with Crippen LogP contribution in [0.25, 0.3) is 0 Å². The van der Waals surface area contributed by atoms with Crippen LogP contribution in [0.5, 0.6) is 0 Å². The maximum atomic E-state index is 12.6. The number of aliphatic imine (C=N–C) groups is 1. The smallest absolute Gasteiger partial charge is 0.351 e. The first-order chi connectivity index (χ1) is 9.25. The lowest BCUT2D eigenvalue weighted by Crippen LogP contribution is -2.57. The Hall–Kier alpha value is -1.12. The molecule has 1 rings (SSSR count). The number of nitrogens with zero attached hydrogens (tertiary/aromatic N) is 3. The minimum absolute atomic E-state index is 0.218. The highest BCUT2D eigenvalue weighted by Crippen LogP contribution is 2.25. The van der Waals surface area contributed by atoms with Crippen LogP contribution in [0.15, 0.2) is 4.99 Å². The van der Waals surface area contributed by atoms with Crippen molar-refractivity contribution in [3.05, 3.63) is 0 Å². The molecule has 20 heavy (non-hydrogen) atoms. The van der Waals surface area contributed by atoms with Crippen LogP contribution in [0.3, 0.4) is 0 Å². The zero-order chi connectivity index (χ0) is 15.3. The van der Waals surface area contributed by atoms with E-state index in [-0.39, 0.29) is 13.1 Å². The van der Waals surface area contributed by atoms with E-state index in [2.05, 4.69) is 10.3 Å². The molecule has 1 aliphatic rings. The minimum atomic E-state index is -4.25. The molecule has 1 fully saturated rings. The van der Waals surface area contributed by atoms with Gasteiger partial charge in [-0.15, -0.1) is 0 Å². The fourth-order valence-corrected chi connectivity index (χ4v) is 2.03. The van der Waals surface area contributed by atoms with Crippen LogP contribution in [-0.2, 0) is 0 Å². The van der Waals surface area contributed by atoms with E-state index < -0.39 is 25.2 Å². The molecule has 1 unspecified atom stereocenters. The second-order valence-corrected chi connectivity index (χ2v) is 4.56. The number of guanidine groups is 1. The first-order valence-corrected chi connectivity index (χ1v) is 6.30. The zero-order valence-electron chi connectivity index (χ0n) is 11.4. The van der Waals surface area contributed by atoms with Gasteiger partial charge in [0, 0.05) is 33.2 Å². The van der Waals surface area contributed by atoms with Crippen molar-refractivity contribution in [3.63, 3.8) is 0 Å². The van der Waals surface area contributed by atoms with Gasteiger partial charge < -0.3 is 10.2 Å². The van der Waals surface area contributed by atoms with Gasteiger partial charge in [0.15, 0.2) is 5.96 Å². The fourth-order valence-electron chi connectivity index (χ4n) is 2.03. The fraction of sp³-hybridized carbons (Fsp3) is 0.909. The summed E-state index contributed by atoms with van der Waals surface area (Å²) in [4.78, 5) is 6.87.